The highest BCUT2D eigenvalue weighted by Gasteiger charge is 2.18. The van der Waals surface area contributed by atoms with Gasteiger partial charge in [0.2, 0.25) is 12.7 Å². The van der Waals surface area contributed by atoms with Crippen LogP contribution in [0, 0.1) is 0 Å². The van der Waals surface area contributed by atoms with Crippen LogP contribution in [0.15, 0.2) is 42.5 Å². The van der Waals surface area contributed by atoms with Crippen LogP contribution in [0.5, 0.6) is 17.2 Å². The summed E-state index contributed by atoms with van der Waals surface area (Å²) in [6.07, 6.45) is 0. The molecule has 7 heteroatoms. The number of anilines is 1. The van der Waals surface area contributed by atoms with E-state index in [1.165, 1.54) is 6.92 Å². The van der Waals surface area contributed by atoms with Crippen molar-refractivity contribution in [2.24, 2.45) is 0 Å². The van der Waals surface area contributed by atoms with Gasteiger partial charge in [0.05, 0.1) is 12.3 Å². The number of ether oxygens (including phenoxy) is 3. The predicted octanol–water partition coefficient (Wildman–Crippen LogP) is 2.60. The molecule has 0 atom stereocenters. The van der Waals surface area contributed by atoms with Crippen molar-refractivity contribution in [3.05, 3.63) is 48.0 Å². The van der Waals surface area contributed by atoms with Crippen LogP contribution in [0.25, 0.3) is 0 Å². The maximum absolute atomic E-state index is 12.4. The van der Waals surface area contributed by atoms with E-state index in [0.717, 1.165) is 0 Å². The molecule has 0 saturated heterocycles. The van der Waals surface area contributed by atoms with Crippen molar-refractivity contribution in [1.82, 2.24) is 5.32 Å². The lowest BCUT2D eigenvalue weighted by molar-refractivity contribution is -0.116. The number of carbonyl (C=O) groups excluding carboxylic acids is 2. The number of hydrogen-bond donors (Lipinski definition) is 1. The molecular weight excluding hydrogens is 348 g/mol. The van der Waals surface area contributed by atoms with Crippen molar-refractivity contribution in [3.63, 3.8) is 0 Å². The molecule has 0 bridgehead atoms. The first kappa shape index (κ1) is 18.6. The first-order valence-electron chi connectivity index (χ1n) is 8.78. The average Bonchev–Trinajstić information content (AvgIpc) is 3.13. The molecule has 142 valence electrons. The fraction of sp³-hybridized carbons (Fsp3) is 0.300. The molecule has 2 aromatic carbocycles. The highest BCUT2D eigenvalue weighted by Crippen LogP contribution is 2.32. The SMILES string of the molecule is CCOc1ccccc1N(CCNC(=O)c1ccc2c(c1)OCO2)C(C)=O. The molecule has 1 heterocycles. The Bertz CT molecular complexity index is 837. The highest BCUT2D eigenvalue weighted by atomic mass is 16.7. The van der Waals surface area contributed by atoms with Crippen molar-refractivity contribution in [1.29, 1.82) is 0 Å². The smallest absolute Gasteiger partial charge is 0.251 e. The van der Waals surface area contributed by atoms with Crippen molar-refractivity contribution in [2.45, 2.75) is 13.8 Å². The van der Waals surface area contributed by atoms with E-state index in [1.807, 2.05) is 31.2 Å². The maximum Gasteiger partial charge on any atom is 0.251 e. The van der Waals surface area contributed by atoms with Crippen LogP contribution in [-0.4, -0.2) is 38.3 Å². The van der Waals surface area contributed by atoms with Crippen LogP contribution in [0.1, 0.15) is 24.2 Å². The molecule has 0 aromatic heterocycles. The van der Waals surface area contributed by atoms with E-state index >= 15 is 0 Å². The molecule has 0 saturated carbocycles. The Balaban J connectivity index is 1.63. The summed E-state index contributed by atoms with van der Waals surface area (Å²) in [5, 5.41) is 2.83. The van der Waals surface area contributed by atoms with E-state index in [1.54, 1.807) is 23.1 Å². The quantitative estimate of drug-likeness (QED) is 0.811. The number of hydrogen-bond acceptors (Lipinski definition) is 5. The molecule has 3 rings (SSSR count). The minimum atomic E-state index is -0.241. The number of nitrogens with one attached hydrogen (secondary N) is 1. The van der Waals surface area contributed by atoms with E-state index in [9.17, 15) is 9.59 Å². The fourth-order valence-electron chi connectivity index (χ4n) is 2.83. The molecule has 1 aliphatic rings. The molecule has 2 aromatic rings. The van der Waals surface area contributed by atoms with Crippen molar-refractivity contribution in [3.8, 4) is 17.2 Å². The van der Waals surface area contributed by atoms with Gasteiger partial charge in [0.1, 0.15) is 5.75 Å². The Morgan fingerprint density at radius 3 is 2.70 bits per heavy atom. The number of benzene rings is 2. The third kappa shape index (κ3) is 4.31. The minimum Gasteiger partial charge on any atom is -0.492 e. The molecule has 0 radical (unpaired) electrons. The topological polar surface area (TPSA) is 77.1 Å². The Labute approximate surface area is 157 Å². The monoisotopic (exact) mass is 370 g/mol. The Morgan fingerprint density at radius 2 is 1.93 bits per heavy atom. The van der Waals surface area contributed by atoms with Gasteiger partial charge in [-0.25, -0.2) is 0 Å². The van der Waals surface area contributed by atoms with E-state index in [4.69, 9.17) is 14.2 Å². The minimum absolute atomic E-state index is 0.125. The molecule has 27 heavy (non-hydrogen) atoms. The Hall–Kier alpha value is -3.22. The number of nitrogens with zero attached hydrogens (tertiary/aromatic N) is 1. The maximum atomic E-state index is 12.4. The summed E-state index contributed by atoms with van der Waals surface area (Å²) >= 11 is 0. The number of rotatable bonds is 7. The summed E-state index contributed by atoms with van der Waals surface area (Å²) in [6.45, 7) is 4.67. The van der Waals surface area contributed by atoms with Crippen LogP contribution >= 0.6 is 0 Å². The Kier molecular flexibility index (Phi) is 5.80. The van der Waals surface area contributed by atoms with E-state index in [-0.39, 0.29) is 18.6 Å². The zero-order valence-corrected chi connectivity index (χ0v) is 15.4. The molecule has 7 nitrogen and oxygen atoms in total. The van der Waals surface area contributed by atoms with Crippen LogP contribution in [0.3, 0.4) is 0 Å². The van der Waals surface area contributed by atoms with Gasteiger partial charge in [0.15, 0.2) is 11.5 Å². The lowest BCUT2D eigenvalue weighted by atomic mass is 10.2. The van der Waals surface area contributed by atoms with Gasteiger partial charge in [-0.05, 0) is 37.3 Å². The second kappa shape index (κ2) is 8.44. The average molecular weight is 370 g/mol. The van der Waals surface area contributed by atoms with Crippen LogP contribution < -0.4 is 24.4 Å². The molecular formula is C20H22N2O5. The molecule has 2 amide bonds. The molecule has 0 unspecified atom stereocenters. The summed E-state index contributed by atoms with van der Waals surface area (Å²) < 4.78 is 16.1. The van der Waals surface area contributed by atoms with Crippen LogP contribution in [-0.2, 0) is 4.79 Å². The second-order valence-electron chi connectivity index (χ2n) is 5.90. The standard InChI is InChI=1S/C20H22N2O5/c1-3-25-17-7-5-4-6-16(17)22(14(2)23)11-10-21-20(24)15-8-9-18-19(12-15)27-13-26-18/h4-9,12H,3,10-11,13H2,1-2H3,(H,21,24). The van der Waals surface area contributed by atoms with Gasteiger partial charge in [0, 0.05) is 25.6 Å². The number of fused-ring (bicyclic) bond motifs is 1. The molecule has 0 fully saturated rings. The zero-order valence-electron chi connectivity index (χ0n) is 15.4. The third-order valence-electron chi connectivity index (χ3n) is 4.09. The third-order valence-corrected chi connectivity index (χ3v) is 4.09. The normalized spacial score (nSPS) is 11.8. The van der Waals surface area contributed by atoms with Gasteiger partial charge >= 0.3 is 0 Å². The van der Waals surface area contributed by atoms with Gasteiger partial charge in [-0.2, -0.15) is 0 Å². The second-order valence-corrected chi connectivity index (χ2v) is 5.90. The summed E-state index contributed by atoms with van der Waals surface area (Å²) in [4.78, 5) is 26.1. The first-order chi connectivity index (χ1) is 13.1. The first-order valence-corrected chi connectivity index (χ1v) is 8.78. The summed E-state index contributed by atoms with van der Waals surface area (Å²) in [5.74, 6) is 1.45. The fourth-order valence-corrected chi connectivity index (χ4v) is 2.83. The van der Waals surface area contributed by atoms with Gasteiger partial charge in [-0.1, -0.05) is 12.1 Å². The summed E-state index contributed by atoms with van der Waals surface area (Å²) in [6, 6.07) is 12.4. The lowest BCUT2D eigenvalue weighted by Gasteiger charge is -2.23. The number of amides is 2. The number of carbonyl (C=O) groups is 2. The molecule has 1 N–H and O–H groups in total. The number of para-hydroxylation sites is 2. The van der Waals surface area contributed by atoms with Gasteiger partial charge in [-0.3, -0.25) is 9.59 Å². The molecule has 1 aliphatic heterocycles. The van der Waals surface area contributed by atoms with Crippen LogP contribution in [0.4, 0.5) is 5.69 Å². The van der Waals surface area contributed by atoms with Gasteiger partial charge in [0.25, 0.3) is 5.91 Å². The zero-order chi connectivity index (χ0) is 19.2. The highest BCUT2D eigenvalue weighted by molar-refractivity contribution is 5.95. The van der Waals surface area contributed by atoms with Crippen molar-refractivity contribution in [2.75, 3.05) is 31.4 Å². The molecule has 0 spiro atoms. The summed E-state index contributed by atoms with van der Waals surface area (Å²) in [7, 11) is 0. The van der Waals surface area contributed by atoms with E-state index < -0.39 is 0 Å². The van der Waals surface area contributed by atoms with Crippen molar-refractivity contribution >= 4 is 17.5 Å². The van der Waals surface area contributed by atoms with Crippen molar-refractivity contribution < 1.29 is 23.8 Å². The van der Waals surface area contributed by atoms with Gasteiger partial charge in [-0.15, -0.1) is 0 Å². The van der Waals surface area contributed by atoms with Crippen LogP contribution in [0.2, 0.25) is 0 Å². The lowest BCUT2D eigenvalue weighted by Crippen LogP contribution is -2.37. The van der Waals surface area contributed by atoms with E-state index in [0.29, 0.717) is 48.2 Å². The predicted molar refractivity (Wildman–Crippen MR) is 101 cm³/mol. The van der Waals surface area contributed by atoms with Gasteiger partial charge < -0.3 is 24.4 Å². The largest absolute Gasteiger partial charge is 0.492 e. The molecule has 0 aliphatic carbocycles. The van der Waals surface area contributed by atoms with E-state index in [2.05, 4.69) is 5.32 Å². The summed E-state index contributed by atoms with van der Waals surface area (Å²) in [5.41, 5.74) is 1.16. The Morgan fingerprint density at radius 1 is 1.15 bits per heavy atom.